The molecule has 1 amide bonds. The summed E-state index contributed by atoms with van der Waals surface area (Å²) in [6.07, 6.45) is 0. The first kappa shape index (κ1) is 23.1. The summed E-state index contributed by atoms with van der Waals surface area (Å²) in [7, 11) is 1.46. The van der Waals surface area contributed by atoms with Gasteiger partial charge < -0.3 is 9.84 Å². The van der Waals surface area contributed by atoms with Crippen LogP contribution in [0.5, 0.6) is 5.75 Å². The lowest BCUT2D eigenvalue weighted by Crippen LogP contribution is -2.29. The summed E-state index contributed by atoms with van der Waals surface area (Å²) in [4.78, 5) is 42.7. The molecule has 1 aliphatic heterocycles. The van der Waals surface area contributed by atoms with E-state index in [1.165, 1.54) is 43.5 Å². The molecule has 0 aliphatic carbocycles. The van der Waals surface area contributed by atoms with Gasteiger partial charge in [-0.05, 0) is 35.9 Å². The topological polar surface area (TPSA) is 123 Å². The minimum absolute atomic E-state index is 0.00136. The summed E-state index contributed by atoms with van der Waals surface area (Å²) in [5.41, 5.74) is 0.312. The van der Waals surface area contributed by atoms with E-state index in [0.29, 0.717) is 21.5 Å². The van der Waals surface area contributed by atoms with Crippen LogP contribution in [-0.4, -0.2) is 33.8 Å². The standard InChI is InChI=1S/C25H16FN3O6S/c1-35-17-7-3-4-13(11-17)21-20(22(30)14-5-2-6-16(10-14)29(33)34)23(31)24(32)28(21)25-27-18-9-8-15(26)12-19(18)36-25/h2-12,21,30H,1H3/b22-20+. The van der Waals surface area contributed by atoms with Gasteiger partial charge in [-0.3, -0.25) is 24.6 Å². The summed E-state index contributed by atoms with van der Waals surface area (Å²) in [5, 5.41) is 22.5. The van der Waals surface area contributed by atoms with E-state index in [1.54, 1.807) is 24.3 Å². The number of hydrogen-bond donors (Lipinski definition) is 1. The number of nitro benzene ring substituents is 1. The van der Waals surface area contributed by atoms with Crippen molar-refractivity contribution in [3.63, 3.8) is 0 Å². The first-order valence-electron chi connectivity index (χ1n) is 10.5. The number of non-ortho nitro benzene ring substituents is 1. The fraction of sp³-hybridized carbons (Fsp3) is 0.0800. The summed E-state index contributed by atoms with van der Waals surface area (Å²) in [5.74, 6) is -2.54. The quantitative estimate of drug-likeness (QED) is 0.133. The van der Waals surface area contributed by atoms with E-state index < -0.39 is 34.2 Å². The highest BCUT2D eigenvalue weighted by atomic mass is 32.1. The molecule has 1 unspecified atom stereocenters. The van der Waals surface area contributed by atoms with Crippen LogP contribution in [0.2, 0.25) is 0 Å². The van der Waals surface area contributed by atoms with Crippen LogP contribution in [-0.2, 0) is 9.59 Å². The number of benzene rings is 3. The molecule has 1 atom stereocenters. The van der Waals surface area contributed by atoms with Crippen molar-refractivity contribution in [2.75, 3.05) is 12.0 Å². The monoisotopic (exact) mass is 505 g/mol. The Bertz CT molecular complexity index is 1600. The van der Waals surface area contributed by atoms with Crippen molar-refractivity contribution in [1.82, 2.24) is 4.98 Å². The van der Waals surface area contributed by atoms with Crippen LogP contribution < -0.4 is 9.64 Å². The third-order valence-electron chi connectivity index (χ3n) is 5.73. The molecule has 36 heavy (non-hydrogen) atoms. The third kappa shape index (κ3) is 3.85. The number of rotatable bonds is 5. The van der Waals surface area contributed by atoms with Gasteiger partial charge >= 0.3 is 5.91 Å². The summed E-state index contributed by atoms with van der Waals surface area (Å²) >= 11 is 1.02. The van der Waals surface area contributed by atoms with Crippen molar-refractivity contribution in [3.05, 3.63) is 99.4 Å². The number of carbonyl (C=O) groups is 2. The molecule has 4 aromatic rings. The maximum Gasteiger partial charge on any atom is 0.301 e. The average molecular weight is 505 g/mol. The summed E-state index contributed by atoms with van der Waals surface area (Å²) in [6, 6.07) is 14.6. The van der Waals surface area contributed by atoms with Crippen LogP contribution in [0.15, 0.2) is 72.3 Å². The fourth-order valence-electron chi connectivity index (χ4n) is 4.07. The lowest BCUT2D eigenvalue weighted by Gasteiger charge is -2.23. The molecule has 1 saturated heterocycles. The molecule has 9 nitrogen and oxygen atoms in total. The number of amides is 1. The van der Waals surface area contributed by atoms with E-state index in [-0.39, 0.29) is 22.0 Å². The van der Waals surface area contributed by atoms with Crippen LogP contribution >= 0.6 is 11.3 Å². The number of thiazole rings is 1. The minimum atomic E-state index is -1.12. The van der Waals surface area contributed by atoms with E-state index >= 15 is 0 Å². The van der Waals surface area contributed by atoms with Crippen LogP contribution in [0.1, 0.15) is 17.2 Å². The highest BCUT2D eigenvalue weighted by molar-refractivity contribution is 7.22. The maximum absolute atomic E-state index is 13.8. The zero-order valence-electron chi connectivity index (χ0n) is 18.5. The smallest absolute Gasteiger partial charge is 0.301 e. The fourth-order valence-corrected chi connectivity index (χ4v) is 5.09. The number of ketones is 1. The molecule has 1 aromatic heterocycles. The highest BCUT2D eigenvalue weighted by Gasteiger charge is 2.48. The molecule has 0 bridgehead atoms. The van der Waals surface area contributed by atoms with Crippen molar-refractivity contribution < 1.29 is 28.7 Å². The molecule has 3 aromatic carbocycles. The van der Waals surface area contributed by atoms with Gasteiger partial charge in [-0.1, -0.05) is 35.6 Å². The van der Waals surface area contributed by atoms with Crippen molar-refractivity contribution in [3.8, 4) is 5.75 Å². The number of aliphatic hydroxyl groups is 1. The predicted octanol–water partition coefficient (Wildman–Crippen LogP) is 4.98. The van der Waals surface area contributed by atoms with Crippen LogP contribution in [0, 0.1) is 15.9 Å². The molecule has 1 N–H and O–H groups in total. The Labute approximate surface area is 206 Å². The van der Waals surface area contributed by atoms with Gasteiger partial charge in [0.25, 0.3) is 11.5 Å². The molecule has 1 aliphatic rings. The third-order valence-corrected chi connectivity index (χ3v) is 6.75. The number of aromatic nitrogens is 1. The number of anilines is 1. The van der Waals surface area contributed by atoms with Crippen molar-refractivity contribution in [2.45, 2.75) is 6.04 Å². The van der Waals surface area contributed by atoms with Gasteiger partial charge in [0.05, 0.1) is 33.9 Å². The first-order valence-corrected chi connectivity index (χ1v) is 11.4. The number of Topliss-reactive ketones (excluding diaryl/α,β-unsaturated/α-hetero) is 1. The van der Waals surface area contributed by atoms with Gasteiger partial charge in [-0.25, -0.2) is 9.37 Å². The molecule has 180 valence electrons. The number of aliphatic hydroxyl groups excluding tert-OH is 1. The summed E-state index contributed by atoms with van der Waals surface area (Å²) in [6.45, 7) is 0. The molecular formula is C25H16FN3O6S. The largest absolute Gasteiger partial charge is 0.507 e. The molecule has 0 spiro atoms. The predicted molar refractivity (Wildman–Crippen MR) is 130 cm³/mol. The van der Waals surface area contributed by atoms with Gasteiger partial charge in [0.15, 0.2) is 5.13 Å². The lowest BCUT2D eigenvalue weighted by atomic mass is 9.95. The Morgan fingerprint density at radius 1 is 1.14 bits per heavy atom. The number of halogens is 1. The number of hydrogen-bond acceptors (Lipinski definition) is 8. The highest BCUT2D eigenvalue weighted by Crippen LogP contribution is 2.45. The van der Waals surface area contributed by atoms with Crippen molar-refractivity contribution >= 4 is 49.8 Å². The van der Waals surface area contributed by atoms with Crippen molar-refractivity contribution in [1.29, 1.82) is 0 Å². The number of nitrogens with zero attached hydrogens (tertiary/aromatic N) is 3. The normalized spacial score (nSPS) is 17.1. The Balaban J connectivity index is 1.74. The van der Waals surface area contributed by atoms with E-state index in [1.807, 2.05) is 0 Å². The van der Waals surface area contributed by atoms with Gasteiger partial charge in [-0.2, -0.15) is 0 Å². The molecule has 5 rings (SSSR count). The SMILES string of the molecule is COc1cccc(C2/C(=C(\O)c3cccc([N+](=O)[O-])c3)C(=O)C(=O)N2c2nc3ccc(F)cc3s2)c1. The van der Waals surface area contributed by atoms with Crippen LogP contribution in [0.3, 0.4) is 0 Å². The molecular weight excluding hydrogens is 489 g/mol. The zero-order chi connectivity index (χ0) is 25.6. The molecule has 1 fully saturated rings. The second kappa shape index (κ2) is 8.86. The zero-order valence-corrected chi connectivity index (χ0v) is 19.4. The summed E-state index contributed by atoms with van der Waals surface area (Å²) < 4.78 is 19.5. The number of fused-ring (bicyclic) bond motifs is 1. The molecule has 11 heteroatoms. The molecule has 0 saturated carbocycles. The van der Waals surface area contributed by atoms with E-state index in [2.05, 4.69) is 4.98 Å². The van der Waals surface area contributed by atoms with Crippen LogP contribution in [0.4, 0.5) is 15.2 Å². The Morgan fingerprint density at radius 2 is 1.92 bits per heavy atom. The van der Waals surface area contributed by atoms with E-state index in [4.69, 9.17) is 4.74 Å². The molecule has 0 radical (unpaired) electrons. The molecule has 2 heterocycles. The Kier molecular flexibility index (Phi) is 5.69. The number of nitro groups is 1. The van der Waals surface area contributed by atoms with Gasteiger partial charge in [0.1, 0.15) is 17.3 Å². The van der Waals surface area contributed by atoms with Crippen LogP contribution in [0.25, 0.3) is 16.0 Å². The number of ether oxygens (including phenoxy) is 1. The van der Waals surface area contributed by atoms with Crippen molar-refractivity contribution in [2.24, 2.45) is 0 Å². The second-order valence-corrected chi connectivity index (χ2v) is 8.87. The Morgan fingerprint density at radius 3 is 2.67 bits per heavy atom. The lowest BCUT2D eigenvalue weighted by molar-refractivity contribution is -0.384. The van der Waals surface area contributed by atoms with E-state index in [9.17, 15) is 29.2 Å². The maximum atomic E-state index is 13.8. The van der Waals surface area contributed by atoms with Gasteiger partial charge in [-0.15, -0.1) is 0 Å². The Hall–Kier alpha value is -4.64. The minimum Gasteiger partial charge on any atom is -0.507 e. The van der Waals surface area contributed by atoms with Gasteiger partial charge in [0, 0.05) is 17.7 Å². The number of methoxy groups -OCH3 is 1. The van der Waals surface area contributed by atoms with E-state index in [0.717, 1.165) is 22.3 Å². The number of carbonyl (C=O) groups excluding carboxylic acids is 2. The first-order chi connectivity index (χ1) is 17.3. The average Bonchev–Trinajstić information content (AvgIpc) is 3.41. The second-order valence-electron chi connectivity index (χ2n) is 7.86. The van der Waals surface area contributed by atoms with Gasteiger partial charge in [0.2, 0.25) is 0 Å².